The lowest BCUT2D eigenvalue weighted by Gasteiger charge is -2.02. The van der Waals surface area contributed by atoms with Gasteiger partial charge in [-0.25, -0.2) is 4.98 Å². The molecule has 0 aliphatic carbocycles. The van der Waals surface area contributed by atoms with Gasteiger partial charge in [0.1, 0.15) is 0 Å². The van der Waals surface area contributed by atoms with Crippen molar-refractivity contribution in [1.29, 1.82) is 0 Å². The topological polar surface area (TPSA) is 52.1 Å². The number of carbonyl (C=O) groups is 1. The Balaban J connectivity index is 2.55. The zero-order chi connectivity index (χ0) is 12.7. The van der Waals surface area contributed by atoms with Crippen LogP contribution >= 0.6 is 23.4 Å². The Hall–Kier alpha value is -1.07. The first-order valence-corrected chi connectivity index (χ1v) is 6.36. The smallest absolute Gasteiger partial charge is 0.225 e. The molecule has 0 spiro atoms. The molecule has 0 N–H and O–H groups in total. The molecule has 0 radical (unpaired) electrons. The zero-order valence-electron chi connectivity index (χ0n) is 9.64. The molecule has 0 saturated carbocycles. The van der Waals surface area contributed by atoms with Crippen LogP contribution in [0.15, 0.2) is 12.3 Å². The highest BCUT2D eigenvalue weighted by Gasteiger charge is 2.02. The Kier molecular flexibility index (Phi) is 6.00. The Morgan fingerprint density at radius 2 is 2.41 bits per heavy atom. The lowest BCUT2D eigenvalue weighted by atomic mass is 10.3. The van der Waals surface area contributed by atoms with Crippen LogP contribution in [0.2, 0.25) is 5.28 Å². The van der Waals surface area contributed by atoms with Crippen molar-refractivity contribution in [3.8, 4) is 5.88 Å². The summed E-state index contributed by atoms with van der Waals surface area (Å²) in [7, 11) is 1.53. The number of halogens is 1. The molecule has 0 atom stereocenters. The fourth-order valence-corrected chi connectivity index (χ4v) is 1.78. The van der Waals surface area contributed by atoms with Crippen LogP contribution in [0.4, 0.5) is 0 Å². The molecule has 1 heterocycles. The number of aromatic nitrogens is 2. The molecule has 0 fully saturated rings. The monoisotopic (exact) mass is 272 g/mol. The normalized spacial score (nSPS) is 10.8. The maximum Gasteiger partial charge on any atom is 0.225 e. The van der Waals surface area contributed by atoms with E-state index in [4.69, 9.17) is 16.3 Å². The Labute approximate surface area is 109 Å². The highest BCUT2D eigenvalue weighted by Crippen LogP contribution is 2.18. The summed E-state index contributed by atoms with van der Waals surface area (Å²) in [6, 6.07) is 0. The van der Waals surface area contributed by atoms with Crippen LogP contribution in [0, 0.1) is 0 Å². The van der Waals surface area contributed by atoms with E-state index in [1.54, 1.807) is 13.1 Å². The second-order valence-corrected chi connectivity index (χ2v) is 4.74. The van der Waals surface area contributed by atoms with Crippen LogP contribution in [0.25, 0.3) is 6.08 Å². The first-order chi connectivity index (χ1) is 8.13. The van der Waals surface area contributed by atoms with Crippen LogP contribution in [-0.2, 0) is 4.79 Å². The van der Waals surface area contributed by atoms with Gasteiger partial charge in [-0.3, -0.25) is 4.79 Å². The summed E-state index contributed by atoms with van der Waals surface area (Å²) < 4.78 is 5.08. The first kappa shape index (κ1) is 14.0. The maximum absolute atomic E-state index is 10.7. The van der Waals surface area contributed by atoms with Crippen molar-refractivity contribution in [2.75, 3.05) is 12.9 Å². The molecule has 1 rings (SSSR count). The average Bonchev–Trinajstić information content (AvgIpc) is 2.29. The Morgan fingerprint density at radius 1 is 1.65 bits per heavy atom. The summed E-state index contributed by atoms with van der Waals surface area (Å²) in [4.78, 5) is 18.5. The number of thioether (sulfide) groups is 1. The van der Waals surface area contributed by atoms with Gasteiger partial charge >= 0.3 is 0 Å². The van der Waals surface area contributed by atoms with E-state index in [9.17, 15) is 4.79 Å². The van der Waals surface area contributed by atoms with Gasteiger partial charge in [-0.15, -0.1) is 0 Å². The minimum atomic E-state index is 0.130. The highest BCUT2D eigenvalue weighted by atomic mass is 35.5. The van der Waals surface area contributed by atoms with E-state index >= 15 is 0 Å². The molecule has 0 bridgehead atoms. The average molecular weight is 273 g/mol. The highest BCUT2D eigenvalue weighted by molar-refractivity contribution is 8.13. The number of ether oxygens (including phenoxy) is 1. The molecule has 92 valence electrons. The van der Waals surface area contributed by atoms with Gasteiger partial charge in [-0.05, 0) is 18.0 Å². The van der Waals surface area contributed by atoms with Gasteiger partial charge in [0.05, 0.1) is 12.7 Å². The Morgan fingerprint density at radius 3 is 3.06 bits per heavy atom. The molecule has 0 saturated heterocycles. The number of hydrogen-bond acceptors (Lipinski definition) is 5. The third kappa shape index (κ3) is 5.19. The van der Waals surface area contributed by atoms with Crippen molar-refractivity contribution in [3.05, 3.63) is 23.1 Å². The van der Waals surface area contributed by atoms with Crippen molar-refractivity contribution in [2.45, 2.75) is 13.3 Å². The van der Waals surface area contributed by atoms with Crippen molar-refractivity contribution in [1.82, 2.24) is 9.97 Å². The number of allylic oxidation sites excluding steroid dienone is 1. The van der Waals surface area contributed by atoms with E-state index in [-0.39, 0.29) is 10.4 Å². The van der Waals surface area contributed by atoms with Gasteiger partial charge in [0.2, 0.25) is 11.2 Å². The summed E-state index contributed by atoms with van der Waals surface area (Å²) in [5, 5.41) is 0.289. The SMILES string of the molecule is COc1nc(Cl)ncc1C=CCCSC(C)=O. The minimum Gasteiger partial charge on any atom is -0.480 e. The second kappa shape index (κ2) is 7.29. The zero-order valence-corrected chi connectivity index (χ0v) is 11.2. The van der Waals surface area contributed by atoms with Gasteiger partial charge in [0.25, 0.3) is 0 Å². The van der Waals surface area contributed by atoms with Crippen LogP contribution in [-0.4, -0.2) is 27.9 Å². The summed E-state index contributed by atoms with van der Waals surface area (Å²) >= 11 is 6.95. The fourth-order valence-electron chi connectivity index (χ4n) is 1.11. The fraction of sp³-hybridized carbons (Fsp3) is 0.364. The largest absolute Gasteiger partial charge is 0.480 e. The predicted molar refractivity (Wildman–Crippen MR) is 70.4 cm³/mol. The number of carbonyl (C=O) groups excluding carboxylic acids is 1. The van der Waals surface area contributed by atoms with Gasteiger partial charge in [-0.2, -0.15) is 4.98 Å². The van der Waals surface area contributed by atoms with E-state index in [2.05, 4.69) is 9.97 Å². The van der Waals surface area contributed by atoms with Gasteiger partial charge in [0, 0.05) is 18.9 Å². The molecule has 6 heteroatoms. The minimum absolute atomic E-state index is 0.130. The molecule has 4 nitrogen and oxygen atoms in total. The van der Waals surface area contributed by atoms with Gasteiger partial charge < -0.3 is 4.74 Å². The third-order valence-corrected chi connectivity index (χ3v) is 2.86. The van der Waals surface area contributed by atoms with Gasteiger partial charge in [-0.1, -0.05) is 23.9 Å². The van der Waals surface area contributed by atoms with E-state index in [1.807, 2.05) is 12.2 Å². The van der Waals surface area contributed by atoms with Gasteiger partial charge in [0.15, 0.2) is 5.12 Å². The van der Waals surface area contributed by atoms with E-state index in [1.165, 1.54) is 18.9 Å². The summed E-state index contributed by atoms with van der Waals surface area (Å²) in [6.07, 6.45) is 6.21. The van der Waals surface area contributed by atoms with E-state index in [0.717, 1.165) is 17.7 Å². The molecule has 0 amide bonds. The van der Waals surface area contributed by atoms with Crippen LogP contribution in [0.1, 0.15) is 18.9 Å². The molecule has 1 aromatic heterocycles. The quantitative estimate of drug-likeness (QED) is 0.609. The molecule has 0 unspecified atom stereocenters. The molecule has 0 aromatic carbocycles. The number of methoxy groups -OCH3 is 1. The molecular formula is C11H13ClN2O2S. The van der Waals surface area contributed by atoms with Crippen molar-refractivity contribution in [2.24, 2.45) is 0 Å². The lowest BCUT2D eigenvalue weighted by Crippen LogP contribution is -1.93. The molecular weight excluding hydrogens is 260 g/mol. The van der Waals surface area contributed by atoms with Crippen LogP contribution < -0.4 is 4.74 Å². The van der Waals surface area contributed by atoms with Crippen LogP contribution in [0.5, 0.6) is 5.88 Å². The predicted octanol–water partition coefficient (Wildman–Crippen LogP) is 2.82. The van der Waals surface area contributed by atoms with Crippen molar-refractivity contribution in [3.63, 3.8) is 0 Å². The van der Waals surface area contributed by atoms with E-state index in [0.29, 0.717) is 5.88 Å². The Bertz CT molecular complexity index is 424. The van der Waals surface area contributed by atoms with Crippen molar-refractivity contribution < 1.29 is 9.53 Å². The molecule has 17 heavy (non-hydrogen) atoms. The third-order valence-electron chi connectivity index (χ3n) is 1.83. The summed E-state index contributed by atoms with van der Waals surface area (Å²) in [5.74, 6) is 1.21. The summed E-state index contributed by atoms with van der Waals surface area (Å²) in [5.41, 5.74) is 0.768. The molecule has 0 aliphatic rings. The van der Waals surface area contributed by atoms with Crippen LogP contribution in [0.3, 0.4) is 0 Å². The molecule has 1 aromatic rings. The molecule has 0 aliphatic heterocycles. The number of hydrogen-bond donors (Lipinski definition) is 0. The lowest BCUT2D eigenvalue weighted by molar-refractivity contribution is -0.109. The number of rotatable bonds is 5. The standard InChI is InChI=1S/C11H13ClN2O2S/c1-8(15)17-6-4-3-5-9-7-13-11(12)14-10(9)16-2/h3,5,7H,4,6H2,1-2H3. The van der Waals surface area contributed by atoms with E-state index < -0.39 is 0 Å². The number of nitrogens with zero attached hydrogens (tertiary/aromatic N) is 2. The second-order valence-electron chi connectivity index (χ2n) is 3.13. The first-order valence-electron chi connectivity index (χ1n) is 5.00. The maximum atomic E-state index is 10.7. The summed E-state index contributed by atoms with van der Waals surface area (Å²) in [6.45, 7) is 1.56. The van der Waals surface area contributed by atoms with Crippen molar-refractivity contribution >= 4 is 34.6 Å².